The van der Waals surface area contributed by atoms with E-state index in [0.29, 0.717) is 6.61 Å². The molecule has 2 aliphatic heterocycles. The smallest absolute Gasteiger partial charge is 0.192 e. The fraction of sp³-hybridized carbons (Fsp3) is 0.952. The molecule has 0 saturated carbocycles. The molecule has 0 spiro atoms. The SMILES string of the molecule is CN(C)C1=N[C@@H]2[C@@H](O[Si](C)(C)C(C)(C)C)[C@H](O)[C@@H](CO[Si](C)(C)C(C)(C)C)O[C@@H]2S1. The molecule has 1 fully saturated rings. The predicted octanol–water partition coefficient (Wildman–Crippen LogP) is 4.52. The Bertz CT molecular complexity index is 644. The Balaban J connectivity index is 2.27. The number of amidine groups is 1. The van der Waals surface area contributed by atoms with Crippen LogP contribution < -0.4 is 0 Å². The Labute approximate surface area is 190 Å². The normalized spacial score (nSPS) is 30.8. The molecule has 9 heteroatoms. The van der Waals surface area contributed by atoms with E-state index in [-0.39, 0.29) is 27.7 Å². The first-order chi connectivity index (χ1) is 13.4. The number of hydrogen-bond acceptors (Lipinski definition) is 7. The van der Waals surface area contributed by atoms with Gasteiger partial charge in [-0.05, 0) is 36.3 Å². The Kier molecular flexibility index (Phi) is 7.72. The standard InChI is InChI=1S/C21H44N2O4SSi2/c1-20(2,3)29(9,10)25-13-14-16(24)17(27-30(11,12)21(4,5)6)15-18(26-14)28-19(22-15)23(7)8/h14-18,24H,13H2,1-12H3/t14-,15-,16-,17-,18-/m1/s1. The van der Waals surface area contributed by atoms with Crippen LogP contribution >= 0.6 is 11.8 Å². The minimum Gasteiger partial charge on any atom is -0.414 e. The van der Waals surface area contributed by atoms with Gasteiger partial charge < -0.3 is 23.6 Å². The maximum atomic E-state index is 11.3. The van der Waals surface area contributed by atoms with Crippen LogP contribution in [0.1, 0.15) is 41.5 Å². The summed E-state index contributed by atoms with van der Waals surface area (Å²) >= 11 is 1.62. The molecule has 0 aromatic rings. The number of ether oxygens (including phenoxy) is 1. The number of hydrogen-bond donors (Lipinski definition) is 1. The number of fused-ring (bicyclic) bond motifs is 1. The topological polar surface area (TPSA) is 63.5 Å². The van der Waals surface area contributed by atoms with E-state index >= 15 is 0 Å². The summed E-state index contributed by atoms with van der Waals surface area (Å²) < 4.78 is 19.5. The number of aliphatic hydroxyl groups excluding tert-OH is 1. The number of thioether (sulfide) groups is 1. The highest BCUT2D eigenvalue weighted by molar-refractivity contribution is 8.14. The lowest BCUT2D eigenvalue weighted by atomic mass is 9.99. The van der Waals surface area contributed by atoms with Crippen LogP contribution in [-0.2, 0) is 13.6 Å². The number of aliphatic hydroxyl groups is 1. The lowest BCUT2D eigenvalue weighted by Crippen LogP contribution is -2.61. The second kappa shape index (κ2) is 8.80. The maximum absolute atomic E-state index is 11.3. The van der Waals surface area contributed by atoms with Crippen LogP contribution in [0.25, 0.3) is 0 Å². The second-order valence-electron chi connectivity index (χ2n) is 11.9. The molecule has 2 rings (SSSR count). The molecule has 0 unspecified atom stereocenters. The van der Waals surface area contributed by atoms with Crippen LogP contribution in [-0.4, -0.2) is 82.3 Å². The minimum atomic E-state index is -2.10. The fourth-order valence-corrected chi connectivity index (χ4v) is 6.40. The highest BCUT2D eigenvalue weighted by Crippen LogP contribution is 2.44. The van der Waals surface area contributed by atoms with Crippen LogP contribution in [0.3, 0.4) is 0 Å². The largest absolute Gasteiger partial charge is 0.414 e. The van der Waals surface area contributed by atoms with Crippen LogP contribution in [0.15, 0.2) is 4.99 Å². The summed E-state index contributed by atoms with van der Waals surface area (Å²) in [5.74, 6) is 0. The molecule has 1 saturated heterocycles. The maximum Gasteiger partial charge on any atom is 0.192 e. The summed E-state index contributed by atoms with van der Waals surface area (Å²) in [6, 6.07) is -0.208. The van der Waals surface area contributed by atoms with Gasteiger partial charge in [0, 0.05) is 14.1 Å². The average molecular weight is 477 g/mol. The molecule has 5 atom stereocenters. The van der Waals surface area contributed by atoms with Crippen molar-refractivity contribution in [1.29, 1.82) is 0 Å². The Morgan fingerprint density at radius 2 is 1.57 bits per heavy atom. The molecule has 2 aliphatic rings. The zero-order valence-electron chi connectivity index (χ0n) is 21.1. The van der Waals surface area contributed by atoms with Crippen LogP contribution in [0, 0.1) is 0 Å². The van der Waals surface area contributed by atoms with Crippen molar-refractivity contribution in [2.24, 2.45) is 4.99 Å². The Hall–Kier alpha value is 0.0938. The van der Waals surface area contributed by atoms with Gasteiger partial charge in [-0.2, -0.15) is 0 Å². The fourth-order valence-electron chi connectivity index (χ4n) is 2.92. The van der Waals surface area contributed by atoms with Gasteiger partial charge in [-0.3, -0.25) is 4.99 Å². The zero-order valence-corrected chi connectivity index (χ0v) is 23.9. The molecule has 176 valence electrons. The van der Waals surface area contributed by atoms with Gasteiger partial charge in [0.05, 0.1) is 12.7 Å². The monoisotopic (exact) mass is 476 g/mol. The zero-order chi connectivity index (χ0) is 23.3. The molecule has 30 heavy (non-hydrogen) atoms. The van der Waals surface area contributed by atoms with E-state index in [9.17, 15) is 5.11 Å². The molecular formula is C21H44N2O4SSi2. The molecule has 0 radical (unpaired) electrons. The van der Waals surface area contributed by atoms with Gasteiger partial charge in [0.15, 0.2) is 21.8 Å². The van der Waals surface area contributed by atoms with Crippen molar-refractivity contribution < 1.29 is 18.7 Å². The Morgan fingerprint density at radius 3 is 2.03 bits per heavy atom. The minimum absolute atomic E-state index is 0.0491. The van der Waals surface area contributed by atoms with Gasteiger partial charge in [-0.25, -0.2) is 0 Å². The first-order valence-corrected chi connectivity index (χ1v) is 17.6. The van der Waals surface area contributed by atoms with Crippen molar-refractivity contribution in [3.8, 4) is 0 Å². The van der Waals surface area contributed by atoms with E-state index in [2.05, 4.69) is 67.7 Å². The number of aliphatic imine (C=N–C) groups is 1. The first-order valence-electron chi connectivity index (χ1n) is 10.9. The summed E-state index contributed by atoms with van der Waals surface area (Å²) in [5.41, 5.74) is -0.159. The molecule has 0 bridgehead atoms. The van der Waals surface area contributed by atoms with Gasteiger partial charge in [0.25, 0.3) is 0 Å². The van der Waals surface area contributed by atoms with E-state index in [0.717, 1.165) is 5.17 Å². The molecule has 6 nitrogen and oxygen atoms in total. The second-order valence-corrected chi connectivity index (χ2v) is 22.5. The van der Waals surface area contributed by atoms with Crippen LogP contribution in [0.2, 0.25) is 36.3 Å². The van der Waals surface area contributed by atoms with E-state index in [4.69, 9.17) is 18.6 Å². The third-order valence-electron chi connectivity index (χ3n) is 7.16. The van der Waals surface area contributed by atoms with E-state index < -0.39 is 28.8 Å². The number of nitrogens with zero attached hydrogens (tertiary/aromatic N) is 2. The summed E-state index contributed by atoms with van der Waals surface area (Å²) in [6.07, 6.45) is -1.57. The molecule has 0 amide bonds. The van der Waals surface area contributed by atoms with E-state index in [1.165, 1.54) is 0 Å². The average Bonchev–Trinajstić information content (AvgIpc) is 2.98. The summed E-state index contributed by atoms with van der Waals surface area (Å²) in [4.78, 5) is 6.88. The summed E-state index contributed by atoms with van der Waals surface area (Å²) in [5, 5.41) is 12.4. The molecular weight excluding hydrogens is 432 g/mol. The van der Waals surface area contributed by atoms with Crippen molar-refractivity contribution in [3.63, 3.8) is 0 Å². The molecule has 2 heterocycles. The highest BCUT2D eigenvalue weighted by atomic mass is 32.2. The summed E-state index contributed by atoms with van der Waals surface area (Å²) in [6.45, 7) is 22.6. The van der Waals surface area contributed by atoms with Crippen LogP contribution in [0.5, 0.6) is 0 Å². The van der Waals surface area contributed by atoms with Gasteiger partial charge in [-0.15, -0.1) is 0 Å². The van der Waals surface area contributed by atoms with Crippen molar-refractivity contribution in [3.05, 3.63) is 0 Å². The van der Waals surface area contributed by atoms with Gasteiger partial charge in [-0.1, -0.05) is 53.3 Å². The Morgan fingerprint density at radius 1 is 1.03 bits per heavy atom. The number of rotatable bonds is 5. The van der Waals surface area contributed by atoms with Gasteiger partial charge in [0.1, 0.15) is 23.7 Å². The molecule has 0 aliphatic carbocycles. The van der Waals surface area contributed by atoms with Crippen molar-refractivity contribution in [2.75, 3.05) is 20.7 Å². The predicted molar refractivity (Wildman–Crippen MR) is 132 cm³/mol. The van der Waals surface area contributed by atoms with Crippen LogP contribution in [0.4, 0.5) is 0 Å². The van der Waals surface area contributed by atoms with Gasteiger partial charge >= 0.3 is 0 Å². The van der Waals surface area contributed by atoms with Crippen molar-refractivity contribution >= 4 is 33.6 Å². The summed E-state index contributed by atoms with van der Waals surface area (Å²) in [7, 11) is -0.0763. The van der Waals surface area contributed by atoms with Crippen molar-refractivity contribution in [2.45, 2.75) is 108 Å². The quantitative estimate of drug-likeness (QED) is 0.589. The molecule has 0 aromatic heterocycles. The van der Waals surface area contributed by atoms with Gasteiger partial charge in [0.2, 0.25) is 0 Å². The lowest BCUT2D eigenvalue weighted by Gasteiger charge is -2.47. The lowest BCUT2D eigenvalue weighted by molar-refractivity contribution is -0.158. The van der Waals surface area contributed by atoms with Crippen molar-refractivity contribution in [1.82, 2.24) is 4.90 Å². The third-order valence-corrected chi connectivity index (χ3v) is 17.4. The molecule has 0 aromatic carbocycles. The first kappa shape index (κ1) is 26.3. The third kappa shape index (κ3) is 5.53. The van der Waals surface area contributed by atoms with E-state index in [1.807, 2.05) is 19.0 Å². The molecule has 1 N–H and O–H groups in total. The highest BCUT2D eigenvalue weighted by Gasteiger charge is 2.53. The van der Waals surface area contributed by atoms with E-state index in [1.54, 1.807) is 11.8 Å².